The van der Waals surface area contributed by atoms with Crippen molar-refractivity contribution in [1.29, 1.82) is 0 Å². The van der Waals surface area contributed by atoms with Gasteiger partial charge in [-0.1, -0.05) is 30.3 Å². The molecule has 20 heavy (non-hydrogen) atoms. The highest BCUT2D eigenvalue weighted by Crippen LogP contribution is 2.11. The van der Waals surface area contributed by atoms with Gasteiger partial charge in [0.15, 0.2) is 0 Å². The van der Waals surface area contributed by atoms with E-state index in [4.69, 9.17) is 5.11 Å². The van der Waals surface area contributed by atoms with E-state index in [2.05, 4.69) is 9.82 Å². The number of aliphatic carboxylic acids is 1. The first kappa shape index (κ1) is 14.1. The van der Waals surface area contributed by atoms with Crippen LogP contribution in [0.2, 0.25) is 0 Å². The summed E-state index contributed by atoms with van der Waals surface area (Å²) in [6.45, 7) is -0.319. The van der Waals surface area contributed by atoms with Crippen molar-refractivity contribution in [2.45, 2.75) is 12.3 Å². The third-order valence-electron chi connectivity index (χ3n) is 2.40. The zero-order chi connectivity index (χ0) is 14.6. The molecule has 0 radical (unpaired) electrons. The molecule has 2 aromatic rings. The summed E-state index contributed by atoms with van der Waals surface area (Å²) in [6, 6.07) is 8.76. The van der Waals surface area contributed by atoms with Crippen molar-refractivity contribution in [3.63, 3.8) is 0 Å². The quantitative estimate of drug-likeness (QED) is 0.824. The van der Waals surface area contributed by atoms with Crippen molar-refractivity contribution >= 4 is 21.7 Å². The Hall–Kier alpha value is -2.35. The average Bonchev–Trinajstić information content (AvgIpc) is 2.75. The number of anilines is 1. The van der Waals surface area contributed by atoms with Gasteiger partial charge < -0.3 is 5.11 Å². The fourth-order valence-corrected chi connectivity index (χ4v) is 2.82. The number of carboxylic acid groups (broad SMARTS) is 1. The van der Waals surface area contributed by atoms with Gasteiger partial charge in [-0.2, -0.15) is 5.10 Å². The molecule has 106 valence electrons. The molecule has 0 bridgehead atoms. The molecular weight excluding hydrogens is 282 g/mol. The van der Waals surface area contributed by atoms with Crippen LogP contribution in [-0.2, 0) is 27.1 Å². The number of rotatable bonds is 6. The standard InChI is InChI=1S/C12H13N3O4S/c16-12(17)8-15-7-11(6-13-15)14-20(18,19)9-10-4-2-1-3-5-10/h1-7,14H,8-9H2,(H,16,17). The summed E-state index contributed by atoms with van der Waals surface area (Å²) < 4.78 is 27.4. The fraction of sp³-hybridized carbons (Fsp3) is 0.167. The van der Waals surface area contributed by atoms with Gasteiger partial charge in [0.05, 0.1) is 17.6 Å². The minimum Gasteiger partial charge on any atom is -0.480 e. The molecule has 0 aliphatic carbocycles. The highest BCUT2D eigenvalue weighted by atomic mass is 32.2. The lowest BCUT2D eigenvalue weighted by Crippen LogP contribution is -2.14. The molecule has 0 aliphatic rings. The summed E-state index contributed by atoms with van der Waals surface area (Å²) in [6.07, 6.45) is 2.60. The van der Waals surface area contributed by atoms with Crippen LogP contribution in [0.1, 0.15) is 5.56 Å². The van der Waals surface area contributed by atoms with Crippen molar-refractivity contribution in [1.82, 2.24) is 9.78 Å². The van der Waals surface area contributed by atoms with Crippen molar-refractivity contribution in [2.75, 3.05) is 4.72 Å². The van der Waals surface area contributed by atoms with Crippen molar-refractivity contribution in [3.8, 4) is 0 Å². The number of nitrogens with zero attached hydrogens (tertiary/aromatic N) is 2. The third kappa shape index (κ3) is 4.09. The number of carbonyl (C=O) groups is 1. The molecule has 1 aromatic heterocycles. The Kier molecular flexibility index (Phi) is 4.04. The molecule has 0 spiro atoms. The van der Waals surface area contributed by atoms with Crippen LogP contribution in [0.15, 0.2) is 42.7 Å². The summed E-state index contributed by atoms with van der Waals surface area (Å²) in [4.78, 5) is 10.5. The van der Waals surface area contributed by atoms with Crippen LogP contribution < -0.4 is 4.72 Å². The lowest BCUT2D eigenvalue weighted by molar-refractivity contribution is -0.137. The number of benzene rings is 1. The van der Waals surface area contributed by atoms with Crippen LogP contribution in [0, 0.1) is 0 Å². The van der Waals surface area contributed by atoms with Gasteiger partial charge in [0.1, 0.15) is 6.54 Å². The highest BCUT2D eigenvalue weighted by molar-refractivity contribution is 7.91. The van der Waals surface area contributed by atoms with Crippen molar-refractivity contribution < 1.29 is 18.3 Å². The van der Waals surface area contributed by atoms with Crippen molar-refractivity contribution in [3.05, 3.63) is 48.3 Å². The average molecular weight is 295 g/mol. The molecule has 0 saturated carbocycles. The van der Waals surface area contributed by atoms with E-state index in [0.29, 0.717) is 5.56 Å². The van der Waals surface area contributed by atoms with Crippen LogP contribution in [-0.4, -0.2) is 29.3 Å². The Labute approximate surface area is 115 Å². The molecule has 0 aliphatic heterocycles. The van der Waals surface area contributed by atoms with Crippen LogP contribution in [0.5, 0.6) is 0 Å². The largest absolute Gasteiger partial charge is 0.480 e. The van der Waals surface area contributed by atoms with Crippen molar-refractivity contribution in [2.24, 2.45) is 0 Å². The lowest BCUT2D eigenvalue weighted by atomic mass is 10.2. The zero-order valence-corrected chi connectivity index (χ0v) is 11.2. The number of carboxylic acids is 1. The van der Waals surface area contributed by atoms with Crippen LogP contribution >= 0.6 is 0 Å². The first-order valence-electron chi connectivity index (χ1n) is 5.73. The first-order chi connectivity index (χ1) is 9.44. The van der Waals surface area contributed by atoms with Gasteiger partial charge in [-0.3, -0.25) is 14.2 Å². The van der Waals surface area contributed by atoms with Gasteiger partial charge >= 0.3 is 5.97 Å². The Balaban J connectivity index is 2.05. The molecule has 1 aromatic carbocycles. The molecular formula is C12H13N3O4S. The molecule has 7 nitrogen and oxygen atoms in total. The minimum absolute atomic E-state index is 0.155. The molecule has 2 rings (SSSR count). The van der Waals surface area contributed by atoms with E-state index in [9.17, 15) is 13.2 Å². The molecule has 0 atom stereocenters. The van der Waals surface area contributed by atoms with Crippen LogP contribution in [0.3, 0.4) is 0 Å². The maximum atomic E-state index is 11.9. The molecule has 8 heteroatoms. The summed E-state index contributed by atoms with van der Waals surface area (Å²) in [5, 5.41) is 12.4. The van der Waals surface area contributed by atoms with Gasteiger partial charge in [-0.25, -0.2) is 8.42 Å². The van der Waals surface area contributed by atoms with E-state index >= 15 is 0 Å². The molecule has 2 N–H and O–H groups in total. The summed E-state index contributed by atoms with van der Waals surface area (Å²) in [7, 11) is -3.55. The second kappa shape index (κ2) is 5.74. The molecule has 1 heterocycles. The second-order valence-electron chi connectivity index (χ2n) is 4.17. The minimum atomic E-state index is -3.55. The summed E-state index contributed by atoms with van der Waals surface area (Å²) >= 11 is 0. The topological polar surface area (TPSA) is 101 Å². The molecule has 0 saturated heterocycles. The number of sulfonamides is 1. The number of hydrogen-bond acceptors (Lipinski definition) is 4. The Morgan fingerprint density at radius 3 is 2.65 bits per heavy atom. The normalized spacial score (nSPS) is 11.2. The van der Waals surface area contributed by atoms with Gasteiger partial charge in [0, 0.05) is 6.20 Å². The predicted octanol–water partition coefficient (Wildman–Crippen LogP) is 0.910. The monoisotopic (exact) mass is 295 g/mol. The number of nitrogens with one attached hydrogen (secondary N) is 1. The Bertz CT molecular complexity index is 695. The SMILES string of the molecule is O=C(O)Cn1cc(NS(=O)(=O)Cc2ccccc2)cn1. The summed E-state index contributed by atoms with van der Waals surface area (Å²) in [5.41, 5.74) is 0.903. The summed E-state index contributed by atoms with van der Waals surface area (Å²) in [5.74, 6) is -1.20. The second-order valence-corrected chi connectivity index (χ2v) is 5.89. The van der Waals surface area contributed by atoms with Gasteiger partial charge in [-0.15, -0.1) is 0 Å². The molecule has 0 amide bonds. The van der Waals surface area contributed by atoms with Crippen LogP contribution in [0.4, 0.5) is 5.69 Å². The highest BCUT2D eigenvalue weighted by Gasteiger charge is 2.13. The maximum Gasteiger partial charge on any atom is 0.325 e. The molecule has 0 unspecified atom stereocenters. The van der Waals surface area contributed by atoms with E-state index in [1.54, 1.807) is 30.3 Å². The Morgan fingerprint density at radius 1 is 1.30 bits per heavy atom. The molecule has 0 fully saturated rings. The number of aromatic nitrogens is 2. The zero-order valence-electron chi connectivity index (χ0n) is 10.4. The van der Waals surface area contributed by atoms with E-state index in [-0.39, 0.29) is 18.0 Å². The smallest absolute Gasteiger partial charge is 0.325 e. The van der Waals surface area contributed by atoms with E-state index in [1.165, 1.54) is 12.4 Å². The van der Waals surface area contributed by atoms with Gasteiger partial charge in [0.2, 0.25) is 10.0 Å². The Morgan fingerprint density at radius 2 is 2.00 bits per heavy atom. The van der Waals surface area contributed by atoms with Gasteiger partial charge in [0.25, 0.3) is 0 Å². The van der Waals surface area contributed by atoms with Crippen LogP contribution in [0.25, 0.3) is 0 Å². The van der Waals surface area contributed by atoms with E-state index in [1.807, 2.05) is 0 Å². The third-order valence-corrected chi connectivity index (χ3v) is 3.66. The number of hydrogen-bond donors (Lipinski definition) is 2. The first-order valence-corrected chi connectivity index (χ1v) is 7.38. The van der Waals surface area contributed by atoms with Gasteiger partial charge in [-0.05, 0) is 5.56 Å². The van der Waals surface area contributed by atoms with E-state index in [0.717, 1.165) is 4.68 Å². The maximum absolute atomic E-state index is 11.9. The lowest BCUT2D eigenvalue weighted by Gasteiger charge is -2.05. The van der Waals surface area contributed by atoms with E-state index < -0.39 is 16.0 Å². The predicted molar refractivity (Wildman–Crippen MR) is 72.6 cm³/mol. The fourth-order valence-electron chi connectivity index (χ4n) is 1.65.